The second-order valence-electron chi connectivity index (χ2n) is 6.83. The normalized spacial score (nSPS) is 20.3. The summed E-state index contributed by atoms with van der Waals surface area (Å²) in [6.07, 6.45) is -6.00. The Morgan fingerprint density at radius 3 is 2.30 bits per heavy atom. The first-order valence-electron chi connectivity index (χ1n) is 7.81. The van der Waals surface area contributed by atoms with Gasteiger partial charge in [0.2, 0.25) is 0 Å². The SMILES string of the molecule is COC(C)(C)C[C@H](C)NC(=O)N1CCC([C@@H](O)C(F)(F)F)CC1. The van der Waals surface area contributed by atoms with E-state index in [0.717, 1.165) is 0 Å². The van der Waals surface area contributed by atoms with Gasteiger partial charge in [0.05, 0.1) is 5.60 Å². The van der Waals surface area contributed by atoms with Crippen LogP contribution >= 0.6 is 0 Å². The van der Waals surface area contributed by atoms with Crippen molar-refractivity contribution >= 4 is 6.03 Å². The maximum Gasteiger partial charge on any atom is 0.414 e. The van der Waals surface area contributed by atoms with E-state index in [1.807, 2.05) is 20.8 Å². The zero-order valence-corrected chi connectivity index (χ0v) is 14.1. The van der Waals surface area contributed by atoms with Crippen LogP contribution in [0.3, 0.4) is 0 Å². The van der Waals surface area contributed by atoms with Crippen molar-refractivity contribution in [3.8, 4) is 0 Å². The van der Waals surface area contributed by atoms with E-state index in [0.29, 0.717) is 6.42 Å². The summed E-state index contributed by atoms with van der Waals surface area (Å²) in [6.45, 7) is 6.12. The Hall–Kier alpha value is -1.02. The van der Waals surface area contributed by atoms with Gasteiger partial charge in [-0.2, -0.15) is 13.2 Å². The van der Waals surface area contributed by atoms with Crippen LogP contribution in [0.2, 0.25) is 0 Å². The molecule has 136 valence electrons. The lowest BCUT2D eigenvalue weighted by molar-refractivity contribution is -0.222. The summed E-state index contributed by atoms with van der Waals surface area (Å²) < 4.78 is 42.8. The molecular formula is C15H27F3N2O3. The van der Waals surface area contributed by atoms with Gasteiger partial charge in [-0.25, -0.2) is 4.79 Å². The molecule has 1 fully saturated rings. The van der Waals surface area contributed by atoms with Gasteiger partial charge in [-0.3, -0.25) is 0 Å². The van der Waals surface area contributed by atoms with Crippen LogP contribution in [0.5, 0.6) is 0 Å². The molecule has 0 saturated carbocycles. The largest absolute Gasteiger partial charge is 0.414 e. The maximum atomic E-state index is 12.5. The van der Waals surface area contributed by atoms with Crippen LogP contribution in [0, 0.1) is 5.92 Å². The molecule has 0 aromatic rings. The highest BCUT2D eigenvalue weighted by Crippen LogP contribution is 2.31. The van der Waals surface area contributed by atoms with Crippen molar-refractivity contribution in [3.63, 3.8) is 0 Å². The minimum Gasteiger partial charge on any atom is -0.383 e. The Kier molecular flexibility index (Phi) is 6.70. The Morgan fingerprint density at radius 2 is 1.87 bits per heavy atom. The van der Waals surface area contributed by atoms with Crippen molar-refractivity contribution in [3.05, 3.63) is 0 Å². The number of hydrogen-bond acceptors (Lipinski definition) is 3. The third-order valence-corrected chi connectivity index (χ3v) is 4.33. The fraction of sp³-hybridized carbons (Fsp3) is 0.933. The number of nitrogens with one attached hydrogen (secondary N) is 1. The second kappa shape index (κ2) is 7.70. The number of likely N-dealkylation sites (tertiary alicyclic amines) is 1. The monoisotopic (exact) mass is 340 g/mol. The molecule has 2 amide bonds. The van der Waals surface area contributed by atoms with E-state index < -0.39 is 18.2 Å². The third-order valence-electron chi connectivity index (χ3n) is 4.33. The van der Waals surface area contributed by atoms with Gasteiger partial charge in [0.1, 0.15) is 0 Å². The van der Waals surface area contributed by atoms with Gasteiger partial charge in [-0.15, -0.1) is 0 Å². The Labute approximate surface area is 135 Å². The number of piperidine rings is 1. The molecule has 1 aliphatic rings. The molecule has 23 heavy (non-hydrogen) atoms. The van der Waals surface area contributed by atoms with Gasteiger partial charge in [0.15, 0.2) is 6.10 Å². The van der Waals surface area contributed by atoms with Gasteiger partial charge in [-0.1, -0.05) is 0 Å². The number of carbonyl (C=O) groups is 1. The minimum atomic E-state index is -4.60. The molecule has 5 nitrogen and oxygen atoms in total. The summed E-state index contributed by atoms with van der Waals surface area (Å²) in [6, 6.07) is -0.403. The van der Waals surface area contributed by atoms with E-state index in [-0.39, 0.29) is 43.6 Å². The summed E-state index contributed by atoms with van der Waals surface area (Å²) in [7, 11) is 1.60. The molecule has 0 aliphatic carbocycles. The molecule has 0 spiro atoms. The van der Waals surface area contributed by atoms with Crippen LogP contribution < -0.4 is 5.32 Å². The molecule has 1 heterocycles. The number of hydrogen-bond donors (Lipinski definition) is 2. The summed E-state index contributed by atoms with van der Waals surface area (Å²) in [5.74, 6) is -0.844. The van der Waals surface area contributed by atoms with E-state index in [1.54, 1.807) is 7.11 Å². The van der Waals surface area contributed by atoms with Crippen LogP contribution in [0.15, 0.2) is 0 Å². The minimum absolute atomic E-state index is 0.115. The van der Waals surface area contributed by atoms with Crippen LogP contribution in [0.1, 0.15) is 40.0 Å². The molecule has 1 aliphatic heterocycles. The summed E-state index contributed by atoms with van der Waals surface area (Å²) in [4.78, 5) is 13.6. The van der Waals surface area contributed by atoms with Crippen molar-refractivity contribution in [2.45, 2.75) is 64.0 Å². The summed E-state index contributed by atoms with van der Waals surface area (Å²) in [5.41, 5.74) is -0.365. The standard InChI is InChI=1S/C15H27F3N2O3/c1-10(9-14(2,3)23-4)19-13(22)20-7-5-11(6-8-20)12(21)15(16,17)18/h10-12,21H,5-9H2,1-4H3,(H,19,22)/t10-,12+/m0/s1. The van der Waals surface area contributed by atoms with Crippen LogP contribution in [0.25, 0.3) is 0 Å². The number of nitrogens with zero attached hydrogens (tertiary/aromatic N) is 1. The number of ether oxygens (including phenoxy) is 1. The lowest BCUT2D eigenvalue weighted by Crippen LogP contribution is -2.50. The number of methoxy groups -OCH3 is 1. The average Bonchev–Trinajstić information content (AvgIpc) is 2.45. The first-order chi connectivity index (χ1) is 10.5. The molecule has 0 bridgehead atoms. The Balaban J connectivity index is 2.44. The molecule has 0 unspecified atom stereocenters. The highest BCUT2D eigenvalue weighted by atomic mass is 19.4. The van der Waals surface area contributed by atoms with Gasteiger partial charge in [0, 0.05) is 26.2 Å². The van der Waals surface area contributed by atoms with Crippen LogP contribution in [0.4, 0.5) is 18.0 Å². The van der Waals surface area contributed by atoms with E-state index in [9.17, 15) is 23.1 Å². The number of halogens is 3. The second-order valence-corrected chi connectivity index (χ2v) is 6.83. The summed E-state index contributed by atoms with van der Waals surface area (Å²) in [5, 5.41) is 12.1. The van der Waals surface area contributed by atoms with Crippen LogP contribution in [-0.2, 0) is 4.74 Å². The number of aliphatic hydroxyl groups is 1. The number of amides is 2. The third kappa shape index (κ3) is 6.18. The molecule has 1 rings (SSSR count). The smallest absolute Gasteiger partial charge is 0.383 e. The molecule has 8 heteroatoms. The van der Waals surface area contributed by atoms with E-state index in [1.165, 1.54) is 4.90 Å². The zero-order valence-electron chi connectivity index (χ0n) is 14.1. The fourth-order valence-corrected chi connectivity index (χ4v) is 2.86. The van der Waals surface area contributed by atoms with E-state index in [2.05, 4.69) is 5.32 Å². The number of alkyl halides is 3. The molecule has 1 saturated heterocycles. The van der Waals surface area contributed by atoms with E-state index >= 15 is 0 Å². The predicted octanol–water partition coefficient (Wildman–Crippen LogP) is 2.53. The fourth-order valence-electron chi connectivity index (χ4n) is 2.86. The molecule has 2 atom stereocenters. The lowest BCUT2D eigenvalue weighted by Gasteiger charge is -2.35. The number of aliphatic hydroxyl groups excluding tert-OH is 1. The highest BCUT2D eigenvalue weighted by molar-refractivity contribution is 5.74. The van der Waals surface area contributed by atoms with Crippen molar-refractivity contribution in [1.29, 1.82) is 0 Å². The number of urea groups is 1. The number of carbonyl (C=O) groups excluding carboxylic acids is 1. The predicted molar refractivity (Wildman–Crippen MR) is 80.1 cm³/mol. The van der Waals surface area contributed by atoms with E-state index in [4.69, 9.17) is 4.74 Å². The Morgan fingerprint density at radius 1 is 1.35 bits per heavy atom. The van der Waals surface area contributed by atoms with Crippen molar-refractivity contribution in [2.75, 3.05) is 20.2 Å². The maximum absolute atomic E-state index is 12.5. The van der Waals surface area contributed by atoms with Crippen LogP contribution in [-0.4, -0.2) is 60.2 Å². The van der Waals surface area contributed by atoms with Crippen molar-refractivity contribution in [1.82, 2.24) is 10.2 Å². The number of rotatable bonds is 5. The van der Waals surface area contributed by atoms with Gasteiger partial charge < -0.3 is 20.1 Å². The van der Waals surface area contributed by atoms with Crippen molar-refractivity contribution in [2.24, 2.45) is 5.92 Å². The summed E-state index contributed by atoms with van der Waals surface area (Å²) >= 11 is 0. The average molecular weight is 340 g/mol. The highest BCUT2D eigenvalue weighted by Gasteiger charge is 2.44. The van der Waals surface area contributed by atoms with Gasteiger partial charge in [-0.05, 0) is 46.0 Å². The topological polar surface area (TPSA) is 61.8 Å². The van der Waals surface area contributed by atoms with Gasteiger partial charge >= 0.3 is 12.2 Å². The van der Waals surface area contributed by atoms with Crippen molar-refractivity contribution < 1.29 is 27.8 Å². The Bertz CT molecular complexity index is 394. The molecule has 0 aromatic carbocycles. The quantitative estimate of drug-likeness (QED) is 0.808. The first-order valence-corrected chi connectivity index (χ1v) is 7.81. The zero-order chi connectivity index (χ0) is 17.8. The molecular weight excluding hydrogens is 313 g/mol. The molecule has 0 aromatic heterocycles. The molecule has 2 N–H and O–H groups in total. The van der Waals surface area contributed by atoms with Gasteiger partial charge in [0.25, 0.3) is 0 Å². The lowest BCUT2D eigenvalue weighted by atomic mass is 9.91. The first kappa shape index (κ1) is 20.0. The molecule has 0 radical (unpaired) electrons.